The first kappa shape index (κ1) is 17.0. The van der Waals surface area contributed by atoms with E-state index in [1.54, 1.807) is 6.20 Å². The molecule has 3 rings (SSSR count). The molecular weight excluding hydrogens is 334 g/mol. The quantitative estimate of drug-likeness (QED) is 0.676. The number of aryl methyl sites for hydroxylation is 1. The molecule has 0 atom stereocenters. The van der Waals surface area contributed by atoms with Gasteiger partial charge in [-0.05, 0) is 61.0 Å². The smallest absolute Gasteiger partial charge is 0.229 e. The molecular formula is C19H20ClN5. The minimum Gasteiger partial charge on any atom is -0.378 e. The Bertz CT molecular complexity index is 862. The Hall–Kier alpha value is -2.79. The van der Waals surface area contributed by atoms with Gasteiger partial charge in [0.1, 0.15) is 5.82 Å². The van der Waals surface area contributed by atoms with Gasteiger partial charge in [-0.2, -0.15) is 4.98 Å². The molecule has 128 valence electrons. The lowest BCUT2D eigenvalue weighted by atomic mass is 10.2. The molecule has 0 fully saturated rings. The number of benzene rings is 2. The van der Waals surface area contributed by atoms with Gasteiger partial charge in [0.15, 0.2) is 0 Å². The lowest BCUT2D eigenvalue weighted by Gasteiger charge is -2.13. The van der Waals surface area contributed by atoms with Gasteiger partial charge in [0, 0.05) is 42.4 Å². The standard InChI is InChI=1S/C19H20ClN5/c1-13-12-14(20)4-9-17(13)23-19-21-11-10-18(24-19)22-15-5-7-16(8-6-15)25(2)3/h4-12H,1-3H3,(H2,21,22,23,24). The molecule has 0 aliphatic carbocycles. The Labute approximate surface area is 152 Å². The van der Waals surface area contributed by atoms with Gasteiger partial charge in [0.25, 0.3) is 0 Å². The molecule has 0 spiro atoms. The molecule has 5 nitrogen and oxygen atoms in total. The van der Waals surface area contributed by atoms with Gasteiger partial charge in [-0.25, -0.2) is 4.98 Å². The first-order valence-corrected chi connectivity index (χ1v) is 8.30. The van der Waals surface area contributed by atoms with Gasteiger partial charge >= 0.3 is 0 Å². The second kappa shape index (κ2) is 7.40. The topological polar surface area (TPSA) is 53.1 Å². The Balaban J connectivity index is 1.75. The highest BCUT2D eigenvalue weighted by Crippen LogP contribution is 2.23. The Kier molecular flexibility index (Phi) is 5.05. The number of anilines is 5. The van der Waals surface area contributed by atoms with E-state index in [9.17, 15) is 0 Å². The zero-order valence-corrected chi connectivity index (χ0v) is 15.2. The van der Waals surface area contributed by atoms with Crippen molar-refractivity contribution in [3.63, 3.8) is 0 Å². The minimum absolute atomic E-state index is 0.528. The molecule has 2 N–H and O–H groups in total. The highest BCUT2D eigenvalue weighted by atomic mass is 35.5. The highest BCUT2D eigenvalue weighted by Gasteiger charge is 2.04. The summed E-state index contributed by atoms with van der Waals surface area (Å²) in [7, 11) is 4.03. The Morgan fingerprint density at radius 1 is 0.960 bits per heavy atom. The number of aromatic nitrogens is 2. The summed E-state index contributed by atoms with van der Waals surface area (Å²) >= 11 is 5.99. The second-order valence-electron chi connectivity index (χ2n) is 5.92. The molecule has 2 aromatic carbocycles. The average Bonchev–Trinajstić information content (AvgIpc) is 2.58. The molecule has 0 aliphatic heterocycles. The van der Waals surface area contributed by atoms with Crippen LogP contribution in [0.4, 0.5) is 28.8 Å². The van der Waals surface area contributed by atoms with Crippen LogP contribution in [-0.4, -0.2) is 24.1 Å². The van der Waals surface area contributed by atoms with E-state index in [1.807, 2.05) is 57.4 Å². The number of hydrogen-bond donors (Lipinski definition) is 2. The summed E-state index contributed by atoms with van der Waals surface area (Å²) in [6, 6.07) is 15.6. The van der Waals surface area contributed by atoms with Crippen LogP contribution in [0.5, 0.6) is 0 Å². The lowest BCUT2D eigenvalue weighted by Crippen LogP contribution is -2.08. The number of hydrogen-bond acceptors (Lipinski definition) is 5. The van der Waals surface area contributed by atoms with E-state index in [2.05, 4.69) is 37.6 Å². The van der Waals surface area contributed by atoms with Crippen molar-refractivity contribution >= 4 is 40.4 Å². The van der Waals surface area contributed by atoms with Gasteiger partial charge in [-0.3, -0.25) is 0 Å². The average molecular weight is 354 g/mol. The maximum absolute atomic E-state index is 5.99. The third kappa shape index (κ3) is 4.39. The maximum Gasteiger partial charge on any atom is 0.229 e. The van der Waals surface area contributed by atoms with Crippen molar-refractivity contribution < 1.29 is 0 Å². The molecule has 6 heteroatoms. The van der Waals surface area contributed by atoms with Crippen LogP contribution in [0.25, 0.3) is 0 Å². The largest absolute Gasteiger partial charge is 0.378 e. The SMILES string of the molecule is Cc1cc(Cl)ccc1Nc1nccc(Nc2ccc(N(C)C)cc2)n1. The zero-order valence-electron chi connectivity index (χ0n) is 14.4. The molecule has 1 aromatic heterocycles. The van der Waals surface area contributed by atoms with Crippen LogP contribution < -0.4 is 15.5 Å². The molecule has 0 amide bonds. The first-order valence-electron chi connectivity index (χ1n) is 7.92. The molecule has 1 heterocycles. The predicted molar refractivity (Wildman–Crippen MR) is 106 cm³/mol. The van der Waals surface area contributed by atoms with Crippen LogP contribution in [0, 0.1) is 6.92 Å². The van der Waals surface area contributed by atoms with Gasteiger partial charge in [-0.15, -0.1) is 0 Å². The monoisotopic (exact) mass is 353 g/mol. The van der Waals surface area contributed by atoms with Gasteiger partial charge in [-0.1, -0.05) is 11.6 Å². The maximum atomic E-state index is 5.99. The van der Waals surface area contributed by atoms with Crippen LogP contribution in [-0.2, 0) is 0 Å². The van der Waals surface area contributed by atoms with Crippen LogP contribution in [0.3, 0.4) is 0 Å². The fraction of sp³-hybridized carbons (Fsp3) is 0.158. The molecule has 25 heavy (non-hydrogen) atoms. The van der Waals surface area contributed by atoms with E-state index in [0.717, 1.165) is 28.4 Å². The second-order valence-corrected chi connectivity index (χ2v) is 6.35. The van der Waals surface area contributed by atoms with Gasteiger partial charge in [0.2, 0.25) is 5.95 Å². The van der Waals surface area contributed by atoms with Crippen molar-refractivity contribution in [1.82, 2.24) is 9.97 Å². The summed E-state index contributed by atoms with van der Waals surface area (Å²) in [5.74, 6) is 1.25. The molecule has 0 unspecified atom stereocenters. The summed E-state index contributed by atoms with van der Waals surface area (Å²) in [6.07, 6.45) is 1.72. The molecule has 0 saturated carbocycles. The van der Waals surface area contributed by atoms with E-state index in [1.165, 1.54) is 0 Å². The normalized spacial score (nSPS) is 10.4. The molecule has 0 saturated heterocycles. The van der Waals surface area contributed by atoms with Crippen molar-refractivity contribution in [3.8, 4) is 0 Å². The summed E-state index contributed by atoms with van der Waals surface area (Å²) < 4.78 is 0. The third-order valence-electron chi connectivity index (χ3n) is 3.75. The van der Waals surface area contributed by atoms with Crippen LogP contribution in [0.15, 0.2) is 54.7 Å². The highest BCUT2D eigenvalue weighted by molar-refractivity contribution is 6.30. The predicted octanol–water partition coefficient (Wildman–Crippen LogP) is 4.99. The number of nitrogens with one attached hydrogen (secondary N) is 2. The number of nitrogens with zero attached hydrogens (tertiary/aromatic N) is 3. The Morgan fingerprint density at radius 2 is 1.72 bits per heavy atom. The number of rotatable bonds is 5. The van der Waals surface area contributed by atoms with Crippen molar-refractivity contribution in [2.75, 3.05) is 29.6 Å². The molecule has 0 radical (unpaired) electrons. The van der Waals surface area contributed by atoms with E-state index < -0.39 is 0 Å². The lowest BCUT2D eigenvalue weighted by molar-refractivity contribution is 1.13. The van der Waals surface area contributed by atoms with E-state index in [4.69, 9.17) is 11.6 Å². The fourth-order valence-electron chi connectivity index (χ4n) is 2.37. The molecule has 0 aliphatic rings. The van der Waals surface area contributed by atoms with Crippen molar-refractivity contribution in [2.45, 2.75) is 6.92 Å². The Morgan fingerprint density at radius 3 is 2.40 bits per heavy atom. The summed E-state index contributed by atoms with van der Waals surface area (Å²) in [6.45, 7) is 1.99. The summed E-state index contributed by atoms with van der Waals surface area (Å²) in [4.78, 5) is 10.8. The minimum atomic E-state index is 0.528. The summed E-state index contributed by atoms with van der Waals surface area (Å²) in [5, 5.41) is 7.22. The van der Waals surface area contributed by atoms with Crippen molar-refractivity contribution in [1.29, 1.82) is 0 Å². The van der Waals surface area contributed by atoms with E-state index in [0.29, 0.717) is 11.0 Å². The molecule has 0 bridgehead atoms. The van der Waals surface area contributed by atoms with Crippen LogP contribution in [0.2, 0.25) is 5.02 Å². The van der Waals surface area contributed by atoms with Crippen molar-refractivity contribution in [2.24, 2.45) is 0 Å². The first-order chi connectivity index (χ1) is 12.0. The zero-order chi connectivity index (χ0) is 17.8. The van der Waals surface area contributed by atoms with E-state index in [-0.39, 0.29) is 0 Å². The third-order valence-corrected chi connectivity index (χ3v) is 3.98. The van der Waals surface area contributed by atoms with E-state index >= 15 is 0 Å². The van der Waals surface area contributed by atoms with Crippen LogP contribution >= 0.6 is 11.6 Å². The van der Waals surface area contributed by atoms with Gasteiger partial charge in [0.05, 0.1) is 0 Å². The summed E-state index contributed by atoms with van der Waals surface area (Å²) in [5.41, 5.74) is 4.08. The number of halogens is 1. The molecule has 3 aromatic rings. The van der Waals surface area contributed by atoms with Crippen LogP contribution in [0.1, 0.15) is 5.56 Å². The fourth-order valence-corrected chi connectivity index (χ4v) is 2.59. The van der Waals surface area contributed by atoms with Crippen molar-refractivity contribution in [3.05, 3.63) is 65.3 Å². The van der Waals surface area contributed by atoms with Gasteiger partial charge < -0.3 is 15.5 Å².